The lowest BCUT2D eigenvalue weighted by Crippen LogP contribution is -2.06. The molecule has 0 aliphatic carbocycles. The molecule has 0 radical (unpaired) electrons. The Morgan fingerprint density at radius 1 is 1.50 bits per heavy atom. The summed E-state index contributed by atoms with van der Waals surface area (Å²) in [7, 11) is 0. The van der Waals surface area contributed by atoms with Crippen LogP contribution in [0.4, 0.5) is 5.69 Å². The van der Waals surface area contributed by atoms with Crippen LogP contribution in [0.2, 0.25) is 0 Å². The van der Waals surface area contributed by atoms with Gasteiger partial charge in [-0.15, -0.1) is 0 Å². The van der Waals surface area contributed by atoms with Gasteiger partial charge in [0.15, 0.2) is 0 Å². The quantitative estimate of drug-likeness (QED) is 0.681. The van der Waals surface area contributed by atoms with E-state index in [0.29, 0.717) is 23.4 Å². The number of pyridine rings is 1. The highest BCUT2D eigenvalue weighted by Crippen LogP contribution is 2.24. The van der Waals surface area contributed by atoms with Gasteiger partial charge in [0.2, 0.25) is 0 Å². The SMILES string of the molecule is Cc1cnc(Cn2ccc(C(=O)O)c2)c(C)c1[N+](=O)[O-]. The standard InChI is InChI=1S/C13H13N3O4/c1-8-5-14-11(9(2)12(8)16(19)20)7-15-4-3-10(6-15)13(17)18/h3-6H,7H2,1-2H3,(H,17,18). The largest absolute Gasteiger partial charge is 0.478 e. The number of aromatic carboxylic acids is 1. The minimum absolute atomic E-state index is 0.0561. The van der Waals surface area contributed by atoms with Gasteiger partial charge in [-0.3, -0.25) is 15.1 Å². The molecule has 0 bridgehead atoms. The van der Waals surface area contributed by atoms with Crippen LogP contribution in [-0.2, 0) is 6.54 Å². The number of aryl methyl sites for hydroxylation is 1. The van der Waals surface area contributed by atoms with Crippen molar-refractivity contribution in [3.05, 3.63) is 57.2 Å². The Hall–Kier alpha value is -2.70. The summed E-state index contributed by atoms with van der Waals surface area (Å²) >= 11 is 0. The fourth-order valence-electron chi connectivity index (χ4n) is 2.04. The van der Waals surface area contributed by atoms with Gasteiger partial charge in [-0.2, -0.15) is 0 Å². The van der Waals surface area contributed by atoms with Gasteiger partial charge in [-0.1, -0.05) is 0 Å². The Morgan fingerprint density at radius 2 is 2.20 bits per heavy atom. The maximum atomic E-state index is 11.0. The average molecular weight is 275 g/mol. The van der Waals surface area contributed by atoms with Crippen molar-refractivity contribution in [2.24, 2.45) is 0 Å². The zero-order valence-electron chi connectivity index (χ0n) is 11.0. The van der Waals surface area contributed by atoms with E-state index in [1.165, 1.54) is 18.5 Å². The summed E-state index contributed by atoms with van der Waals surface area (Å²) < 4.78 is 1.64. The van der Waals surface area contributed by atoms with Gasteiger partial charge in [0.25, 0.3) is 5.69 Å². The van der Waals surface area contributed by atoms with Crippen LogP contribution in [0, 0.1) is 24.0 Å². The molecule has 104 valence electrons. The molecule has 1 N–H and O–H groups in total. The van der Waals surface area contributed by atoms with Crippen LogP contribution >= 0.6 is 0 Å². The molecule has 0 spiro atoms. The normalized spacial score (nSPS) is 10.5. The molecular weight excluding hydrogens is 262 g/mol. The summed E-state index contributed by atoms with van der Waals surface area (Å²) in [5, 5.41) is 19.9. The van der Waals surface area contributed by atoms with E-state index < -0.39 is 10.9 Å². The molecule has 2 heterocycles. The van der Waals surface area contributed by atoms with Crippen LogP contribution in [0.25, 0.3) is 0 Å². The molecule has 0 fully saturated rings. The number of hydrogen-bond acceptors (Lipinski definition) is 4. The third-order valence-electron chi connectivity index (χ3n) is 3.09. The van der Waals surface area contributed by atoms with E-state index in [2.05, 4.69) is 4.98 Å². The lowest BCUT2D eigenvalue weighted by atomic mass is 10.1. The Balaban J connectivity index is 2.36. The first-order valence-electron chi connectivity index (χ1n) is 5.88. The number of carbonyl (C=O) groups is 1. The van der Waals surface area contributed by atoms with Crippen LogP contribution in [-0.4, -0.2) is 25.6 Å². The molecular formula is C13H13N3O4. The third-order valence-corrected chi connectivity index (χ3v) is 3.09. The molecule has 2 aromatic rings. The number of hydrogen-bond donors (Lipinski definition) is 1. The minimum Gasteiger partial charge on any atom is -0.478 e. The van der Waals surface area contributed by atoms with Gasteiger partial charge in [0, 0.05) is 24.2 Å². The molecule has 0 amide bonds. The van der Waals surface area contributed by atoms with E-state index in [9.17, 15) is 14.9 Å². The number of aromatic nitrogens is 2. The summed E-state index contributed by atoms with van der Waals surface area (Å²) in [6, 6.07) is 1.47. The second kappa shape index (κ2) is 5.12. The van der Waals surface area contributed by atoms with Crippen molar-refractivity contribution < 1.29 is 14.8 Å². The summed E-state index contributed by atoms with van der Waals surface area (Å²) in [5.74, 6) is -1.01. The van der Waals surface area contributed by atoms with Gasteiger partial charge in [0.1, 0.15) is 0 Å². The van der Waals surface area contributed by atoms with Gasteiger partial charge in [0.05, 0.1) is 28.3 Å². The van der Waals surface area contributed by atoms with Crippen molar-refractivity contribution in [3.63, 3.8) is 0 Å². The predicted octanol–water partition coefficient (Wildman–Crippen LogP) is 2.15. The molecule has 0 saturated carbocycles. The summed E-state index contributed by atoms with van der Waals surface area (Å²) in [5.41, 5.74) is 1.79. The van der Waals surface area contributed by atoms with Gasteiger partial charge >= 0.3 is 5.97 Å². The van der Waals surface area contributed by atoms with Crippen molar-refractivity contribution in [2.75, 3.05) is 0 Å². The number of rotatable bonds is 4. The number of nitro groups is 1. The zero-order chi connectivity index (χ0) is 14.9. The Labute approximate surface area is 114 Å². The first kappa shape index (κ1) is 13.7. The first-order valence-corrected chi connectivity index (χ1v) is 5.88. The summed E-state index contributed by atoms with van der Waals surface area (Å²) in [6.07, 6.45) is 4.54. The summed E-state index contributed by atoms with van der Waals surface area (Å²) in [4.78, 5) is 25.6. The average Bonchev–Trinajstić information content (AvgIpc) is 2.81. The fraction of sp³-hybridized carbons (Fsp3) is 0.231. The van der Waals surface area contributed by atoms with Gasteiger partial charge < -0.3 is 9.67 Å². The highest BCUT2D eigenvalue weighted by Gasteiger charge is 2.18. The van der Waals surface area contributed by atoms with E-state index in [1.807, 2.05) is 0 Å². The number of carboxylic acids is 1. The van der Waals surface area contributed by atoms with E-state index in [-0.39, 0.29) is 11.3 Å². The van der Waals surface area contributed by atoms with E-state index in [0.717, 1.165) is 0 Å². The van der Waals surface area contributed by atoms with Crippen LogP contribution in [0.15, 0.2) is 24.7 Å². The van der Waals surface area contributed by atoms with Crippen LogP contribution < -0.4 is 0 Å². The number of nitrogens with zero attached hydrogens (tertiary/aromatic N) is 3. The Bertz CT molecular complexity index is 691. The van der Waals surface area contributed by atoms with Gasteiger partial charge in [-0.25, -0.2) is 4.79 Å². The number of carboxylic acid groups (broad SMARTS) is 1. The molecule has 20 heavy (non-hydrogen) atoms. The second-order valence-corrected chi connectivity index (χ2v) is 4.50. The molecule has 0 atom stereocenters. The molecule has 7 heteroatoms. The molecule has 2 rings (SSSR count). The second-order valence-electron chi connectivity index (χ2n) is 4.50. The fourth-order valence-corrected chi connectivity index (χ4v) is 2.04. The lowest BCUT2D eigenvalue weighted by molar-refractivity contribution is -0.386. The molecule has 0 unspecified atom stereocenters. The van der Waals surface area contributed by atoms with Crippen molar-refractivity contribution in [3.8, 4) is 0 Å². The van der Waals surface area contributed by atoms with E-state index in [1.54, 1.807) is 24.6 Å². The Kier molecular flexibility index (Phi) is 3.51. The summed E-state index contributed by atoms with van der Waals surface area (Å²) in [6.45, 7) is 3.58. The lowest BCUT2D eigenvalue weighted by Gasteiger charge is -2.08. The van der Waals surface area contributed by atoms with Crippen molar-refractivity contribution >= 4 is 11.7 Å². The van der Waals surface area contributed by atoms with Gasteiger partial charge in [-0.05, 0) is 19.9 Å². The molecule has 7 nitrogen and oxygen atoms in total. The van der Waals surface area contributed by atoms with Crippen LogP contribution in [0.5, 0.6) is 0 Å². The first-order chi connectivity index (χ1) is 9.40. The van der Waals surface area contributed by atoms with Crippen molar-refractivity contribution in [2.45, 2.75) is 20.4 Å². The van der Waals surface area contributed by atoms with Crippen molar-refractivity contribution in [1.82, 2.24) is 9.55 Å². The van der Waals surface area contributed by atoms with Crippen molar-refractivity contribution in [1.29, 1.82) is 0 Å². The third kappa shape index (κ3) is 2.51. The maximum Gasteiger partial charge on any atom is 0.337 e. The highest BCUT2D eigenvalue weighted by molar-refractivity contribution is 5.87. The van der Waals surface area contributed by atoms with E-state index >= 15 is 0 Å². The highest BCUT2D eigenvalue weighted by atomic mass is 16.6. The van der Waals surface area contributed by atoms with Crippen LogP contribution in [0.3, 0.4) is 0 Å². The smallest absolute Gasteiger partial charge is 0.337 e. The molecule has 0 aliphatic heterocycles. The molecule has 0 aliphatic rings. The molecule has 2 aromatic heterocycles. The zero-order valence-corrected chi connectivity index (χ0v) is 11.0. The minimum atomic E-state index is -1.01. The van der Waals surface area contributed by atoms with E-state index in [4.69, 9.17) is 5.11 Å². The monoisotopic (exact) mass is 275 g/mol. The maximum absolute atomic E-state index is 11.0. The topological polar surface area (TPSA) is 98.3 Å². The Morgan fingerprint density at radius 3 is 2.75 bits per heavy atom. The predicted molar refractivity (Wildman–Crippen MR) is 70.9 cm³/mol. The van der Waals surface area contributed by atoms with Crippen LogP contribution in [0.1, 0.15) is 27.2 Å². The molecule has 0 saturated heterocycles. The molecule has 0 aromatic carbocycles.